The summed E-state index contributed by atoms with van der Waals surface area (Å²) in [4.78, 5) is 7.38. The van der Waals surface area contributed by atoms with Crippen molar-refractivity contribution in [2.45, 2.75) is 0 Å². The SMILES string of the molecule is Cn1cc(-c2c[nH]c3ncc(OCC#N)cc23)cn1. The molecule has 1 N–H and O–H groups in total. The molecule has 0 radical (unpaired) electrons. The first-order chi connectivity index (χ1) is 9.28. The second kappa shape index (κ2) is 4.46. The maximum atomic E-state index is 8.52. The van der Waals surface area contributed by atoms with Gasteiger partial charge in [0, 0.05) is 36.0 Å². The van der Waals surface area contributed by atoms with Crippen molar-refractivity contribution in [3.8, 4) is 22.9 Å². The van der Waals surface area contributed by atoms with E-state index in [2.05, 4.69) is 15.1 Å². The molecule has 0 bridgehead atoms. The Balaban J connectivity index is 2.08. The number of hydrogen-bond donors (Lipinski definition) is 1. The quantitative estimate of drug-likeness (QED) is 0.772. The van der Waals surface area contributed by atoms with Crippen molar-refractivity contribution in [3.63, 3.8) is 0 Å². The van der Waals surface area contributed by atoms with Crippen molar-refractivity contribution >= 4 is 11.0 Å². The van der Waals surface area contributed by atoms with Crippen LogP contribution in [-0.2, 0) is 7.05 Å². The third-order valence-corrected chi connectivity index (χ3v) is 2.83. The maximum Gasteiger partial charge on any atom is 0.174 e. The molecule has 0 aliphatic rings. The van der Waals surface area contributed by atoms with Gasteiger partial charge in [0.25, 0.3) is 0 Å². The van der Waals surface area contributed by atoms with E-state index in [9.17, 15) is 0 Å². The van der Waals surface area contributed by atoms with Crippen LogP contribution in [0.25, 0.3) is 22.2 Å². The van der Waals surface area contributed by atoms with E-state index < -0.39 is 0 Å². The van der Waals surface area contributed by atoms with Crippen LogP contribution in [0.3, 0.4) is 0 Å². The molecule has 0 aliphatic carbocycles. The zero-order valence-corrected chi connectivity index (χ0v) is 10.3. The van der Waals surface area contributed by atoms with Gasteiger partial charge >= 0.3 is 0 Å². The van der Waals surface area contributed by atoms with Gasteiger partial charge in [0.05, 0.1) is 12.4 Å². The second-order valence-corrected chi connectivity index (χ2v) is 4.12. The third-order valence-electron chi connectivity index (χ3n) is 2.83. The van der Waals surface area contributed by atoms with E-state index in [-0.39, 0.29) is 6.61 Å². The van der Waals surface area contributed by atoms with E-state index in [4.69, 9.17) is 10.00 Å². The summed E-state index contributed by atoms with van der Waals surface area (Å²) in [7, 11) is 1.87. The highest BCUT2D eigenvalue weighted by atomic mass is 16.5. The fourth-order valence-corrected chi connectivity index (χ4v) is 1.98. The number of ether oxygens (including phenoxy) is 1. The highest BCUT2D eigenvalue weighted by molar-refractivity contribution is 5.93. The molecular formula is C13H11N5O. The minimum absolute atomic E-state index is 0.0137. The third kappa shape index (κ3) is 2.02. The molecule has 3 heterocycles. The summed E-state index contributed by atoms with van der Waals surface area (Å²) < 4.78 is 7.02. The molecule has 0 fully saturated rings. The first-order valence-electron chi connectivity index (χ1n) is 5.74. The number of hydrogen-bond acceptors (Lipinski definition) is 4. The van der Waals surface area contributed by atoms with Crippen molar-refractivity contribution in [2.75, 3.05) is 6.61 Å². The summed E-state index contributed by atoms with van der Waals surface area (Å²) in [5.41, 5.74) is 2.80. The Hall–Kier alpha value is -2.81. The zero-order valence-electron chi connectivity index (χ0n) is 10.3. The first-order valence-corrected chi connectivity index (χ1v) is 5.74. The van der Waals surface area contributed by atoms with E-state index in [1.54, 1.807) is 17.1 Å². The molecule has 19 heavy (non-hydrogen) atoms. The van der Waals surface area contributed by atoms with Crippen molar-refractivity contribution in [2.24, 2.45) is 7.05 Å². The number of nitrogens with zero attached hydrogens (tertiary/aromatic N) is 4. The molecule has 0 unspecified atom stereocenters. The lowest BCUT2D eigenvalue weighted by molar-refractivity contribution is 0.367. The summed E-state index contributed by atoms with van der Waals surface area (Å²) in [6.45, 7) is 0.0137. The van der Waals surface area contributed by atoms with E-state index in [0.717, 1.165) is 22.2 Å². The minimum Gasteiger partial charge on any atom is -0.477 e. The molecule has 0 aromatic carbocycles. The Morgan fingerprint density at radius 1 is 1.47 bits per heavy atom. The Morgan fingerprint density at radius 3 is 3.11 bits per heavy atom. The van der Waals surface area contributed by atoms with Crippen LogP contribution in [-0.4, -0.2) is 26.4 Å². The van der Waals surface area contributed by atoms with Gasteiger partial charge in [0.15, 0.2) is 6.61 Å². The van der Waals surface area contributed by atoms with E-state index in [1.165, 1.54) is 0 Å². The Labute approximate surface area is 109 Å². The molecule has 0 saturated carbocycles. The standard InChI is InChI=1S/C13H11N5O/c1-18-8-9(5-17-18)12-7-16-13-11(12)4-10(6-15-13)19-3-2-14/h4-8H,3H2,1H3,(H,15,16). The number of pyridine rings is 1. The van der Waals surface area contributed by atoms with Gasteiger partial charge in [-0.2, -0.15) is 10.4 Å². The second-order valence-electron chi connectivity index (χ2n) is 4.12. The molecule has 6 heteroatoms. The fourth-order valence-electron chi connectivity index (χ4n) is 1.98. The Morgan fingerprint density at radius 2 is 2.37 bits per heavy atom. The highest BCUT2D eigenvalue weighted by Gasteiger charge is 2.09. The van der Waals surface area contributed by atoms with Gasteiger partial charge in [0.1, 0.15) is 17.5 Å². The van der Waals surface area contributed by atoms with Crippen LogP contribution in [0.1, 0.15) is 0 Å². The maximum absolute atomic E-state index is 8.52. The number of aromatic amines is 1. The summed E-state index contributed by atoms with van der Waals surface area (Å²) in [6.07, 6.45) is 7.22. The summed E-state index contributed by atoms with van der Waals surface area (Å²) in [5, 5.41) is 13.6. The molecule has 94 valence electrons. The number of nitriles is 1. The van der Waals surface area contributed by atoms with Crippen molar-refractivity contribution in [1.82, 2.24) is 19.7 Å². The van der Waals surface area contributed by atoms with Crippen LogP contribution < -0.4 is 4.74 Å². The lowest BCUT2D eigenvalue weighted by Crippen LogP contribution is -1.93. The van der Waals surface area contributed by atoms with E-state index in [1.807, 2.05) is 31.6 Å². The van der Waals surface area contributed by atoms with Crippen LogP contribution in [0.5, 0.6) is 5.75 Å². The lowest BCUT2D eigenvalue weighted by atomic mass is 10.1. The Bertz CT molecular complexity index is 765. The number of aromatic nitrogens is 4. The van der Waals surface area contributed by atoms with E-state index in [0.29, 0.717) is 5.75 Å². The first kappa shape index (κ1) is 11.3. The van der Waals surface area contributed by atoms with Crippen LogP contribution in [0.15, 0.2) is 30.9 Å². The molecule has 6 nitrogen and oxygen atoms in total. The topological polar surface area (TPSA) is 79.5 Å². The number of H-pyrrole nitrogens is 1. The van der Waals surface area contributed by atoms with Crippen molar-refractivity contribution in [3.05, 3.63) is 30.9 Å². The van der Waals surface area contributed by atoms with Crippen LogP contribution in [0.4, 0.5) is 0 Å². The molecule has 3 aromatic rings. The smallest absolute Gasteiger partial charge is 0.174 e. The van der Waals surface area contributed by atoms with Gasteiger partial charge in [-0.3, -0.25) is 4.68 Å². The average molecular weight is 253 g/mol. The molecule has 0 aliphatic heterocycles. The molecule has 0 saturated heterocycles. The van der Waals surface area contributed by atoms with Gasteiger partial charge in [-0.05, 0) is 6.07 Å². The number of fused-ring (bicyclic) bond motifs is 1. The average Bonchev–Trinajstić information content (AvgIpc) is 3.01. The summed E-state index contributed by atoms with van der Waals surface area (Å²) >= 11 is 0. The predicted octanol–water partition coefficient (Wildman–Crippen LogP) is 1.87. The van der Waals surface area contributed by atoms with Crippen molar-refractivity contribution < 1.29 is 4.74 Å². The normalized spacial score (nSPS) is 10.5. The van der Waals surface area contributed by atoms with Gasteiger partial charge in [-0.25, -0.2) is 4.98 Å². The minimum atomic E-state index is 0.0137. The molecule has 0 atom stereocenters. The number of rotatable bonds is 3. The number of aryl methyl sites for hydroxylation is 1. The van der Waals surface area contributed by atoms with Gasteiger partial charge in [-0.15, -0.1) is 0 Å². The monoisotopic (exact) mass is 253 g/mol. The van der Waals surface area contributed by atoms with E-state index >= 15 is 0 Å². The zero-order chi connectivity index (χ0) is 13.2. The fraction of sp³-hybridized carbons (Fsp3) is 0.154. The molecule has 0 spiro atoms. The summed E-state index contributed by atoms with van der Waals surface area (Å²) in [6, 6.07) is 3.81. The summed E-state index contributed by atoms with van der Waals surface area (Å²) in [5.74, 6) is 0.582. The van der Waals surface area contributed by atoms with Crippen LogP contribution >= 0.6 is 0 Å². The van der Waals surface area contributed by atoms with Crippen molar-refractivity contribution in [1.29, 1.82) is 5.26 Å². The van der Waals surface area contributed by atoms with Gasteiger partial charge < -0.3 is 9.72 Å². The van der Waals surface area contributed by atoms with Crippen LogP contribution in [0, 0.1) is 11.3 Å². The van der Waals surface area contributed by atoms with Gasteiger partial charge in [0.2, 0.25) is 0 Å². The Kier molecular flexibility index (Phi) is 2.65. The lowest BCUT2D eigenvalue weighted by Gasteiger charge is -2.01. The number of nitrogens with one attached hydrogen (secondary N) is 1. The largest absolute Gasteiger partial charge is 0.477 e. The molecule has 3 aromatic heterocycles. The molecule has 0 amide bonds. The van der Waals surface area contributed by atoms with Gasteiger partial charge in [-0.1, -0.05) is 0 Å². The highest BCUT2D eigenvalue weighted by Crippen LogP contribution is 2.29. The molecular weight excluding hydrogens is 242 g/mol. The predicted molar refractivity (Wildman–Crippen MR) is 69.4 cm³/mol. The van der Waals surface area contributed by atoms with Crippen LogP contribution in [0.2, 0.25) is 0 Å². The molecule has 3 rings (SSSR count).